The number of hydrogen-bond acceptors (Lipinski definition) is 4. The fraction of sp³-hybridized carbons (Fsp3) is 0. The first-order chi connectivity index (χ1) is 8.61. The van der Waals surface area contributed by atoms with Gasteiger partial charge in [0, 0.05) is 9.79 Å². The van der Waals surface area contributed by atoms with Crippen molar-refractivity contribution in [3.63, 3.8) is 0 Å². The number of hydrogen-bond donors (Lipinski definition) is 0. The van der Waals surface area contributed by atoms with E-state index in [0.29, 0.717) is 9.79 Å². The van der Waals surface area contributed by atoms with E-state index < -0.39 is 22.2 Å². The Bertz CT molecular complexity index is 476. The zero-order valence-electron chi connectivity index (χ0n) is 9.98. The second-order valence-electron chi connectivity index (χ2n) is 3.10. The van der Waals surface area contributed by atoms with Gasteiger partial charge in [0.15, 0.2) is 0 Å². The predicted octanol–water partition coefficient (Wildman–Crippen LogP) is 1.84. The van der Waals surface area contributed by atoms with Crippen molar-refractivity contribution in [2.45, 2.75) is 9.79 Å². The molecule has 8 heteroatoms. The van der Waals surface area contributed by atoms with Crippen LogP contribution < -0.4 is 0 Å². The molecule has 2 aromatic rings. The quantitative estimate of drug-likeness (QED) is 0.534. The summed E-state index contributed by atoms with van der Waals surface area (Å²) in [7, 11) is 0. The molecule has 0 amide bonds. The van der Waals surface area contributed by atoms with Gasteiger partial charge in [-0.2, -0.15) is 0 Å². The first-order valence-corrected chi connectivity index (χ1v) is 7.05. The van der Waals surface area contributed by atoms with Gasteiger partial charge in [-0.3, -0.25) is 8.42 Å². The maximum absolute atomic E-state index is 10.2. The van der Waals surface area contributed by atoms with Gasteiger partial charge in [-0.1, -0.05) is 36.4 Å². The molecule has 2 aromatic carbocycles. The van der Waals surface area contributed by atoms with Crippen LogP contribution in [0.15, 0.2) is 70.5 Å². The number of benzene rings is 2. The van der Waals surface area contributed by atoms with Crippen molar-refractivity contribution < 1.29 is 55.7 Å². The zero-order valence-corrected chi connectivity index (χ0v) is 14.7. The van der Waals surface area contributed by atoms with Crippen LogP contribution in [0.2, 0.25) is 0 Å². The minimum Gasteiger partial charge on any atom is -0.768 e. The molecule has 0 aromatic heterocycles. The van der Waals surface area contributed by atoms with Gasteiger partial charge in [0.25, 0.3) is 0 Å². The van der Waals surface area contributed by atoms with Crippen LogP contribution in [0.3, 0.4) is 0 Å². The van der Waals surface area contributed by atoms with Gasteiger partial charge < -0.3 is 9.11 Å². The van der Waals surface area contributed by atoms with E-state index in [1.165, 1.54) is 0 Å². The van der Waals surface area contributed by atoms with Gasteiger partial charge in [0.2, 0.25) is 0 Å². The Balaban J connectivity index is 0. The van der Waals surface area contributed by atoms with Gasteiger partial charge in [0.1, 0.15) is 0 Å². The van der Waals surface area contributed by atoms with Gasteiger partial charge in [-0.15, -0.1) is 0 Å². The Labute approximate surface area is 147 Å². The summed E-state index contributed by atoms with van der Waals surface area (Å²) < 4.78 is 40.8. The zero-order chi connectivity index (χ0) is 13.4. The van der Waals surface area contributed by atoms with Crippen molar-refractivity contribution in [1.29, 1.82) is 0 Å². The largest absolute Gasteiger partial charge is 4.00 e. The van der Waals surface area contributed by atoms with Crippen LogP contribution in [0.4, 0.5) is 0 Å². The fourth-order valence-corrected chi connectivity index (χ4v) is 1.82. The molecule has 0 radical (unpaired) electrons. The summed E-state index contributed by atoms with van der Waals surface area (Å²) in [5, 5.41) is 0. The van der Waals surface area contributed by atoms with Crippen LogP contribution in [0.1, 0.15) is 0 Å². The first kappa shape index (κ1) is 22.2. The molecular weight excluding hydrogens is 424 g/mol. The van der Waals surface area contributed by atoms with Crippen molar-refractivity contribution in [1.82, 2.24) is 0 Å². The molecule has 0 aliphatic heterocycles. The molecular formula is C12H10FeMoO4S2+4. The topological polar surface area (TPSA) is 80.3 Å². The second-order valence-corrected chi connectivity index (χ2v) is 4.98. The van der Waals surface area contributed by atoms with E-state index in [1.807, 2.05) is 0 Å². The van der Waals surface area contributed by atoms with Gasteiger partial charge in [-0.05, 0) is 46.4 Å². The Morgan fingerprint density at radius 2 is 0.900 bits per heavy atom. The van der Waals surface area contributed by atoms with E-state index in [-0.39, 0.29) is 38.1 Å². The van der Waals surface area contributed by atoms with Crippen LogP contribution in [0.5, 0.6) is 0 Å². The molecule has 20 heavy (non-hydrogen) atoms. The molecule has 0 spiro atoms. The summed E-state index contributed by atoms with van der Waals surface area (Å²) in [6.07, 6.45) is 0. The molecule has 0 aliphatic rings. The molecule has 0 aliphatic carbocycles. The van der Waals surface area contributed by atoms with Crippen molar-refractivity contribution in [3.05, 3.63) is 60.7 Å². The van der Waals surface area contributed by atoms with E-state index in [2.05, 4.69) is 0 Å². The predicted molar refractivity (Wildman–Crippen MR) is 67.3 cm³/mol. The second kappa shape index (κ2) is 12.6. The van der Waals surface area contributed by atoms with E-state index in [0.717, 1.165) is 0 Å². The Hall–Kier alpha value is -0.132. The van der Waals surface area contributed by atoms with Crippen LogP contribution in [0, 0.1) is 0 Å². The Morgan fingerprint density at radius 3 is 1.05 bits per heavy atom. The molecule has 0 bridgehead atoms. The molecule has 4 nitrogen and oxygen atoms in total. The summed E-state index contributed by atoms with van der Waals surface area (Å²) in [6.45, 7) is 0. The average Bonchev–Trinajstić information content (AvgIpc) is 2.41. The van der Waals surface area contributed by atoms with Crippen molar-refractivity contribution in [2.24, 2.45) is 0 Å². The molecule has 0 heterocycles. The van der Waals surface area contributed by atoms with Crippen LogP contribution in [-0.4, -0.2) is 17.5 Å². The van der Waals surface area contributed by atoms with Crippen molar-refractivity contribution >= 4 is 22.2 Å². The summed E-state index contributed by atoms with van der Waals surface area (Å²) >= 11 is -4.16. The molecule has 0 fully saturated rings. The van der Waals surface area contributed by atoms with Crippen LogP contribution in [0.25, 0.3) is 0 Å². The van der Waals surface area contributed by atoms with Gasteiger partial charge in [-0.25, -0.2) is 0 Å². The van der Waals surface area contributed by atoms with E-state index in [1.54, 1.807) is 60.7 Å². The number of rotatable bonds is 2. The maximum Gasteiger partial charge on any atom is 4.00 e. The molecule has 104 valence electrons. The molecule has 2 rings (SSSR count). The monoisotopic (exact) mass is 436 g/mol. The van der Waals surface area contributed by atoms with E-state index in [9.17, 15) is 17.5 Å². The van der Waals surface area contributed by atoms with E-state index >= 15 is 0 Å². The summed E-state index contributed by atoms with van der Waals surface area (Å²) in [5.41, 5.74) is 0. The third-order valence-corrected chi connectivity index (χ3v) is 3.19. The van der Waals surface area contributed by atoms with Crippen molar-refractivity contribution in [3.8, 4) is 0 Å². The molecule has 0 N–H and O–H groups in total. The molecule has 2 unspecified atom stereocenters. The van der Waals surface area contributed by atoms with Gasteiger partial charge in [0.05, 0.1) is 0 Å². The van der Waals surface area contributed by atoms with Crippen molar-refractivity contribution in [2.75, 3.05) is 0 Å². The fourth-order valence-electron chi connectivity index (χ4n) is 1.06. The maximum atomic E-state index is 10.2. The summed E-state index contributed by atoms with van der Waals surface area (Å²) in [6, 6.07) is 16.5. The summed E-state index contributed by atoms with van der Waals surface area (Å²) in [5.74, 6) is 0. The smallest absolute Gasteiger partial charge is 0.768 e. The standard InChI is InChI=1S/2C6H6O2S.Fe.Mo/c2*7-9(8)6-4-2-1-3-5-6;;/h2*1-5H,(H,7,8);;/q;;+2;+4/p-2. The minimum absolute atomic E-state index is 0. The third kappa shape index (κ3) is 8.92. The minimum atomic E-state index is -2.08. The Morgan fingerprint density at radius 1 is 0.650 bits per heavy atom. The van der Waals surface area contributed by atoms with E-state index in [4.69, 9.17) is 0 Å². The average molecular weight is 434 g/mol. The SMILES string of the molecule is O=S([O-])c1ccccc1.O=S([O-])c1ccccc1.[Fe+2].[Mo+4]. The molecule has 2 atom stereocenters. The molecule has 0 saturated carbocycles. The molecule has 0 saturated heterocycles. The third-order valence-electron chi connectivity index (χ3n) is 1.87. The van der Waals surface area contributed by atoms with Crippen LogP contribution >= 0.6 is 0 Å². The summed E-state index contributed by atoms with van der Waals surface area (Å²) in [4.78, 5) is 0.662. The van der Waals surface area contributed by atoms with Crippen LogP contribution in [-0.2, 0) is 60.3 Å². The first-order valence-electron chi connectivity index (χ1n) is 4.90. The Kier molecular flexibility index (Phi) is 14.0. The normalized spacial score (nSPS) is 11.7. The van der Waals surface area contributed by atoms with Gasteiger partial charge >= 0.3 is 38.1 Å².